The fourth-order valence-corrected chi connectivity index (χ4v) is 1.01. The van der Waals surface area contributed by atoms with E-state index >= 15 is 0 Å². The van der Waals surface area contributed by atoms with Crippen molar-refractivity contribution in [2.45, 2.75) is 0 Å². The summed E-state index contributed by atoms with van der Waals surface area (Å²) >= 11 is 0. The Hall–Kier alpha value is -1.84. The fourth-order valence-electron chi connectivity index (χ4n) is 1.01. The molecule has 0 saturated carbocycles. The number of nitrogens with zero attached hydrogens (tertiary/aromatic N) is 2. The molecule has 4 heteroatoms. The minimum Gasteiger partial charge on any atom is -0.283 e. The molecule has 0 aromatic heterocycles. The Morgan fingerprint density at radius 2 is 1.75 bits per heavy atom. The fraction of sp³-hybridized carbons (Fsp3) is 0. The highest BCUT2D eigenvalue weighted by Crippen LogP contribution is 2.23. The zero-order valence-corrected chi connectivity index (χ0v) is 6.02. The SMILES string of the molecule is O=C1N=Nc2ccccc2C1=O. The summed E-state index contributed by atoms with van der Waals surface area (Å²) in [7, 11) is 0. The highest BCUT2D eigenvalue weighted by Gasteiger charge is 2.22. The zero-order chi connectivity index (χ0) is 8.55. The van der Waals surface area contributed by atoms with Crippen LogP contribution in [0.5, 0.6) is 0 Å². The maximum absolute atomic E-state index is 11.1. The lowest BCUT2D eigenvalue weighted by Gasteiger charge is -2.03. The summed E-state index contributed by atoms with van der Waals surface area (Å²) in [5.74, 6) is -1.38. The number of hydrogen-bond donors (Lipinski definition) is 0. The lowest BCUT2D eigenvalue weighted by Crippen LogP contribution is -2.13. The molecule has 1 aliphatic heterocycles. The molecular weight excluding hydrogens is 156 g/mol. The normalized spacial score (nSPS) is 14.7. The van der Waals surface area contributed by atoms with E-state index in [9.17, 15) is 9.59 Å². The quantitative estimate of drug-likeness (QED) is 0.540. The largest absolute Gasteiger partial charge is 0.336 e. The molecule has 0 spiro atoms. The molecule has 58 valence electrons. The third kappa shape index (κ3) is 0.852. The van der Waals surface area contributed by atoms with Gasteiger partial charge in [-0.05, 0) is 12.1 Å². The molecule has 0 unspecified atom stereocenters. The molecule has 0 aliphatic carbocycles. The van der Waals surface area contributed by atoms with Gasteiger partial charge in [0, 0.05) is 0 Å². The molecule has 1 aromatic rings. The number of amides is 1. The summed E-state index contributed by atoms with van der Waals surface area (Å²) in [5, 5.41) is 6.77. The number of carbonyl (C=O) groups is 2. The van der Waals surface area contributed by atoms with E-state index in [2.05, 4.69) is 10.2 Å². The van der Waals surface area contributed by atoms with Crippen LogP contribution >= 0.6 is 0 Å². The van der Waals surface area contributed by atoms with E-state index in [-0.39, 0.29) is 0 Å². The second kappa shape index (κ2) is 2.34. The smallest absolute Gasteiger partial charge is 0.283 e. The van der Waals surface area contributed by atoms with Crippen LogP contribution in [0.3, 0.4) is 0 Å². The molecule has 0 bridgehead atoms. The predicted octanol–water partition coefficient (Wildman–Crippen LogP) is 1.49. The molecule has 0 radical (unpaired) electrons. The van der Waals surface area contributed by atoms with Crippen LogP contribution in [0.15, 0.2) is 34.5 Å². The highest BCUT2D eigenvalue weighted by molar-refractivity contribution is 6.44. The van der Waals surface area contributed by atoms with Crippen LogP contribution < -0.4 is 0 Å². The maximum atomic E-state index is 11.1. The van der Waals surface area contributed by atoms with E-state index in [1.54, 1.807) is 24.3 Å². The monoisotopic (exact) mass is 160 g/mol. The number of carbonyl (C=O) groups excluding carboxylic acids is 2. The molecule has 4 nitrogen and oxygen atoms in total. The third-order valence-corrected chi connectivity index (χ3v) is 1.59. The van der Waals surface area contributed by atoms with Crippen LogP contribution in [-0.4, -0.2) is 11.7 Å². The van der Waals surface area contributed by atoms with Crippen molar-refractivity contribution in [3.63, 3.8) is 0 Å². The van der Waals surface area contributed by atoms with Gasteiger partial charge in [0.1, 0.15) is 0 Å². The summed E-state index contributed by atoms with van der Waals surface area (Å²) in [6.07, 6.45) is 0. The standard InChI is InChI=1S/C8H4N2O2/c11-7-5-3-1-2-4-6(5)9-10-8(7)12/h1-4H. The average molecular weight is 160 g/mol. The summed E-state index contributed by atoms with van der Waals surface area (Å²) in [6.45, 7) is 0. The second-order valence-electron chi connectivity index (χ2n) is 2.35. The molecule has 1 aliphatic rings. The predicted molar refractivity (Wildman–Crippen MR) is 40.3 cm³/mol. The Bertz CT molecular complexity index is 396. The number of azo groups is 1. The van der Waals surface area contributed by atoms with Gasteiger partial charge in [-0.1, -0.05) is 12.1 Å². The van der Waals surface area contributed by atoms with Crippen molar-refractivity contribution in [3.8, 4) is 0 Å². The maximum Gasteiger partial charge on any atom is 0.336 e. The van der Waals surface area contributed by atoms with Crippen molar-refractivity contribution in [1.82, 2.24) is 0 Å². The first-order chi connectivity index (χ1) is 5.79. The summed E-state index contributed by atoms with van der Waals surface area (Å²) in [5.41, 5.74) is 0.791. The van der Waals surface area contributed by atoms with Crippen LogP contribution in [0.1, 0.15) is 10.4 Å². The number of rotatable bonds is 0. The number of ketones is 1. The van der Waals surface area contributed by atoms with Crippen molar-refractivity contribution in [3.05, 3.63) is 29.8 Å². The van der Waals surface area contributed by atoms with Gasteiger partial charge in [0.2, 0.25) is 0 Å². The number of fused-ring (bicyclic) bond motifs is 1. The average Bonchev–Trinajstić information content (AvgIpc) is 2.12. The van der Waals surface area contributed by atoms with E-state index in [0.717, 1.165) is 0 Å². The zero-order valence-electron chi connectivity index (χ0n) is 6.02. The first-order valence-corrected chi connectivity index (χ1v) is 3.38. The van der Waals surface area contributed by atoms with Gasteiger partial charge < -0.3 is 0 Å². The molecule has 1 aromatic carbocycles. The molecule has 1 amide bonds. The second-order valence-corrected chi connectivity index (χ2v) is 2.35. The van der Waals surface area contributed by atoms with Gasteiger partial charge in [-0.15, -0.1) is 10.2 Å². The molecule has 0 atom stereocenters. The van der Waals surface area contributed by atoms with Gasteiger partial charge >= 0.3 is 5.91 Å². The summed E-state index contributed by atoms with van der Waals surface area (Å²) < 4.78 is 0. The topological polar surface area (TPSA) is 58.9 Å². The van der Waals surface area contributed by atoms with Crippen LogP contribution in [0.25, 0.3) is 0 Å². The first kappa shape index (κ1) is 6.84. The van der Waals surface area contributed by atoms with Crippen LogP contribution in [0.4, 0.5) is 5.69 Å². The van der Waals surface area contributed by atoms with Gasteiger partial charge in [-0.3, -0.25) is 9.59 Å². The summed E-state index contributed by atoms with van der Waals surface area (Å²) in [4.78, 5) is 21.9. The molecule has 0 N–H and O–H groups in total. The van der Waals surface area contributed by atoms with Crippen LogP contribution in [0.2, 0.25) is 0 Å². The lowest BCUT2D eigenvalue weighted by atomic mass is 10.1. The molecule has 0 saturated heterocycles. The summed E-state index contributed by atoms with van der Waals surface area (Å²) in [6, 6.07) is 6.63. The van der Waals surface area contributed by atoms with Gasteiger partial charge in [0.25, 0.3) is 5.78 Å². The van der Waals surface area contributed by atoms with Crippen molar-refractivity contribution >= 4 is 17.4 Å². The number of Topliss-reactive ketones (excluding diaryl/α,β-unsaturated/α-hetero) is 1. The third-order valence-electron chi connectivity index (χ3n) is 1.59. The number of hydrogen-bond acceptors (Lipinski definition) is 3. The lowest BCUT2D eigenvalue weighted by molar-refractivity contribution is -0.114. The van der Waals surface area contributed by atoms with Crippen LogP contribution in [-0.2, 0) is 4.79 Å². The van der Waals surface area contributed by atoms with Gasteiger partial charge in [0.15, 0.2) is 0 Å². The van der Waals surface area contributed by atoms with E-state index in [1.165, 1.54) is 0 Å². The molecule has 1 heterocycles. The minimum absolute atomic E-state index is 0.331. The molecule has 0 fully saturated rings. The van der Waals surface area contributed by atoms with Crippen LogP contribution in [0, 0.1) is 0 Å². The Kier molecular flexibility index (Phi) is 1.33. The Balaban J connectivity index is 2.67. The van der Waals surface area contributed by atoms with E-state index < -0.39 is 11.7 Å². The number of benzene rings is 1. The van der Waals surface area contributed by atoms with Gasteiger partial charge in [0.05, 0.1) is 11.3 Å². The van der Waals surface area contributed by atoms with Crippen molar-refractivity contribution < 1.29 is 9.59 Å². The van der Waals surface area contributed by atoms with E-state index in [4.69, 9.17) is 0 Å². The Morgan fingerprint density at radius 3 is 2.58 bits per heavy atom. The Morgan fingerprint density at radius 1 is 1.00 bits per heavy atom. The van der Waals surface area contributed by atoms with E-state index in [0.29, 0.717) is 11.3 Å². The van der Waals surface area contributed by atoms with Crippen molar-refractivity contribution in [2.75, 3.05) is 0 Å². The van der Waals surface area contributed by atoms with Gasteiger partial charge in [-0.2, -0.15) is 0 Å². The Labute approximate surface area is 67.9 Å². The van der Waals surface area contributed by atoms with E-state index in [1.807, 2.05) is 0 Å². The molecule has 12 heavy (non-hydrogen) atoms. The molecular formula is C8H4N2O2. The first-order valence-electron chi connectivity index (χ1n) is 3.38. The van der Waals surface area contributed by atoms with Gasteiger partial charge in [-0.25, -0.2) is 0 Å². The van der Waals surface area contributed by atoms with Crippen molar-refractivity contribution in [1.29, 1.82) is 0 Å². The minimum atomic E-state index is -0.797. The molecule has 2 rings (SSSR count). The highest BCUT2D eigenvalue weighted by atomic mass is 16.2. The van der Waals surface area contributed by atoms with Crippen molar-refractivity contribution in [2.24, 2.45) is 10.2 Å².